The molecule has 3 aromatic rings. The number of benzene rings is 2. The van der Waals surface area contributed by atoms with Crippen molar-refractivity contribution in [1.82, 2.24) is 9.97 Å². The summed E-state index contributed by atoms with van der Waals surface area (Å²) in [5.74, 6) is -0.531. The third-order valence-electron chi connectivity index (χ3n) is 4.94. The lowest BCUT2D eigenvalue weighted by atomic mass is 10.0. The molecule has 4 rings (SSSR count). The molecule has 0 fully saturated rings. The van der Waals surface area contributed by atoms with Crippen LogP contribution in [-0.2, 0) is 11.2 Å². The number of hydrogen-bond donors (Lipinski definition) is 3. The zero-order chi connectivity index (χ0) is 21.8. The van der Waals surface area contributed by atoms with E-state index in [9.17, 15) is 14.4 Å². The zero-order valence-electron chi connectivity index (χ0n) is 16.6. The lowest BCUT2D eigenvalue weighted by Crippen LogP contribution is -2.36. The van der Waals surface area contributed by atoms with Gasteiger partial charge in [-0.1, -0.05) is 48.2 Å². The Kier molecular flexibility index (Phi) is 6.03. The topological polar surface area (TPSA) is 121 Å². The van der Waals surface area contributed by atoms with Crippen molar-refractivity contribution >= 4 is 40.8 Å². The number of aromatic nitrogens is 2. The van der Waals surface area contributed by atoms with E-state index in [4.69, 9.17) is 5.73 Å². The zero-order valence-corrected chi connectivity index (χ0v) is 17.4. The molecule has 0 radical (unpaired) electrons. The predicted octanol–water partition coefficient (Wildman–Crippen LogP) is 2.68. The van der Waals surface area contributed by atoms with Gasteiger partial charge in [-0.05, 0) is 36.6 Å². The van der Waals surface area contributed by atoms with Gasteiger partial charge in [0.2, 0.25) is 5.91 Å². The SMILES string of the molecule is Nc1nc(SCC(=O)N2CCCc3ccccc32)[nH]c(=O)c1NC(=O)c1ccccc1. The fourth-order valence-electron chi connectivity index (χ4n) is 3.43. The number of fused-ring (bicyclic) bond motifs is 1. The van der Waals surface area contributed by atoms with Crippen molar-refractivity contribution in [2.45, 2.75) is 18.0 Å². The van der Waals surface area contributed by atoms with E-state index in [0.29, 0.717) is 12.1 Å². The highest BCUT2D eigenvalue weighted by molar-refractivity contribution is 7.99. The van der Waals surface area contributed by atoms with Gasteiger partial charge in [-0.3, -0.25) is 19.4 Å². The second-order valence-electron chi connectivity index (χ2n) is 7.02. The Balaban J connectivity index is 1.44. The number of carbonyl (C=O) groups is 2. The molecule has 158 valence electrons. The summed E-state index contributed by atoms with van der Waals surface area (Å²) < 4.78 is 0. The van der Waals surface area contributed by atoms with Crippen LogP contribution in [0.4, 0.5) is 17.2 Å². The maximum atomic E-state index is 12.8. The van der Waals surface area contributed by atoms with Crippen molar-refractivity contribution in [3.63, 3.8) is 0 Å². The van der Waals surface area contributed by atoms with E-state index in [1.165, 1.54) is 0 Å². The number of amides is 2. The lowest BCUT2D eigenvalue weighted by molar-refractivity contribution is -0.116. The minimum absolute atomic E-state index is 0.0696. The number of nitrogens with two attached hydrogens (primary N) is 1. The Morgan fingerprint density at radius 3 is 2.65 bits per heavy atom. The van der Waals surface area contributed by atoms with E-state index in [1.54, 1.807) is 35.2 Å². The number of nitrogen functional groups attached to an aromatic ring is 1. The second-order valence-corrected chi connectivity index (χ2v) is 7.98. The van der Waals surface area contributed by atoms with Crippen LogP contribution in [0.15, 0.2) is 64.5 Å². The molecule has 0 saturated heterocycles. The quantitative estimate of drug-likeness (QED) is 0.418. The Morgan fingerprint density at radius 2 is 1.87 bits per heavy atom. The van der Waals surface area contributed by atoms with Crippen LogP contribution >= 0.6 is 11.8 Å². The van der Waals surface area contributed by atoms with Gasteiger partial charge in [0.25, 0.3) is 11.5 Å². The monoisotopic (exact) mass is 435 g/mol. The number of thioether (sulfide) groups is 1. The van der Waals surface area contributed by atoms with Gasteiger partial charge in [0.1, 0.15) is 5.69 Å². The molecule has 2 aromatic carbocycles. The first kappa shape index (κ1) is 20.7. The molecule has 9 heteroatoms. The Bertz CT molecular complexity index is 1180. The number of nitrogens with one attached hydrogen (secondary N) is 2. The third-order valence-corrected chi connectivity index (χ3v) is 5.80. The molecule has 1 aliphatic heterocycles. The summed E-state index contributed by atoms with van der Waals surface area (Å²) in [7, 11) is 0. The van der Waals surface area contributed by atoms with E-state index < -0.39 is 11.5 Å². The molecule has 1 aliphatic rings. The number of carbonyl (C=O) groups excluding carboxylic acids is 2. The standard InChI is InChI=1S/C22H21N5O3S/c23-19-18(24-20(29)15-8-2-1-3-9-15)21(30)26-22(25-19)31-13-17(28)27-12-6-10-14-7-4-5-11-16(14)27/h1-5,7-9,11H,6,10,12-13H2,(H,24,29)(H3,23,25,26,30). The molecular weight excluding hydrogens is 414 g/mol. The van der Waals surface area contributed by atoms with Gasteiger partial charge < -0.3 is 16.0 Å². The van der Waals surface area contributed by atoms with Crippen LogP contribution < -0.4 is 21.5 Å². The molecule has 8 nitrogen and oxygen atoms in total. The van der Waals surface area contributed by atoms with Crippen molar-refractivity contribution in [2.24, 2.45) is 0 Å². The van der Waals surface area contributed by atoms with Crippen molar-refractivity contribution in [3.05, 3.63) is 76.1 Å². The van der Waals surface area contributed by atoms with Gasteiger partial charge in [0.05, 0.1) is 5.75 Å². The van der Waals surface area contributed by atoms with Crippen molar-refractivity contribution < 1.29 is 9.59 Å². The summed E-state index contributed by atoms with van der Waals surface area (Å²) in [4.78, 5) is 46.0. The molecule has 0 saturated carbocycles. The molecule has 0 bridgehead atoms. The van der Waals surface area contributed by atoms with E-state index in [2.05, 4.69) is 15.3 Å². The largest absolute Gasteiger partial charge is 0.382 e. The predicted molar refractivity (Wildman–Crippen MR) is 122 cm³/mol. The number of nitrogens with zero attached hydrogens (tertiary/aromatic N) is 2. The Morgan fingerprint density at radius 1 is 1.13 bits per heavy atom. The average molecular weight is 436 g/mol. The van der Waals surface area contributed by atoms with Gasteiger partial charge in [-0.25, -0.2) is 4.98 Å². The third kappa shape index (κ3) is 4.61. The van der Waals surface area contributed by atoms with Crippen LogP contribution in [0.3, 0.4) is 0 Å². The number of aromatic amines is 1. The highest BCUT2D eigenvalue weighted by atomic mass is 32.2. The van der Waals surface area contributed by atoms with Crippen molar-refractivity contribution in [1.29, 1.82) is 0 Å². The van der Waals surface area contributed by atoms with Gasteiger partial charge in [0, 0.05) is 17.8 Å². The van der Waals surface area contributed by atoms with E-state index in [0.717, 1.165) is 35.9 Å². The first-order valence-corrected chi connectivity index (χ1v) is 10.8. The van der Waals surface area contributed by atoms with Crippen LogP contribution in [0.5, 0.6) is 0 Å². The second kappa shape index (κ2) is 9.05. The van der Waals surface area contributed by atoms with Crippen molar-refractivity contribution in [2.75, 3.05) is 28.2 Å². The Labute approximate surface area is 182 Å². The maximum absolute atomic E-state index is 12.8. The summed E-state index contributed by atoms with van der Waals surface area (Å²) in [5.41, 5.74) is 7.70. The van der Waals surface area contributed by atoms with E-state index >= 15 is 0 Å². The van der Waals surface area contributed by atoms with Gasteiger partial charge in [-0.15, -0.1) is 0 Å². The molecule has 0 aliphatic carbocycles. The summed E-state index contributed by atoms with van der Waals surface area (Å²) in [5, 5.41) is 2.72. The number of para-hydroxylation sites is 1. The summed E-state index contributed by atoms with van der Waals surface area (Å²) in [6.45, 7) is 0.660. The van der Waals surface area contributed by atoms with Crippen LogP contribution in [0.2, 0.25) is 0 Å². The maximum Gasteiger partial charge on any atom is 0.277 e. The molecule has 2 heterocycles. The van der Waals surface area contributed by atoms with Gasteiger partial charge in [-0.2, -0.15) is 0 Å². The molecule has 0 unspecified atom stereocenters. The molecule has 4 N–H and O–H groups in total. The summed E-state index contributed by atoms with van der Waals surface area (Å²) >= 11 is 1.10. The molecule has 2 amide bonds. The van der Waals surface area contributed by atoms with Crippen LogP contribution in [0.25, 0.3) is 0 Å². The highest BCUT2D eigenvalue weighted by Crippen LogP contribution is 2.28. The Hall–Kier alpha value is -3.59. The van der Waals surface area contributed by atoms with Gasteiger partial charge in [0.15, 0.2) is 11.0 Å². The fraction of sp³-hybridized carbons (Fsp3) is 0.182. The summed E-state index contributed by atoms with van der Waals surface area (Å²) in [6.07, 6.45) is 1.86. The minimum Gasteiger partial charge on any atom is -0.382 e. The normalized spacial score (nSPS) is 12.8. The molecule has 0 atom stereocenters. The number of H-pyrrole nitrogens is 1. The van der Waals surface area contributed by atoms with E-state index in [1.807, 2.05) is 24.3 Å². The molecule has 0 spiro atoms. The first-order valence-electron chi connectivity index (χ1n) is 9.80. The average Bonchev–Trinajstić information content (AvgIpc) is 2.80. The number of anilines is 3. The van der Waals surface area contributed by atoms with E-state index in [-0.39, 0.29) is 28.3 Å². The molecular formula is C22H21N5O3S. The number of rotatable bonds is 5. The van der Waals surface area contributed by atoms with Crippen LogP contribution in [0.1, 0.15) is 22.3 Å². The van der Waals surface area contributed by atoms with Crippen LogP contribution in [0, 0.1) is 0 Å². The highest BCUT2D eigenvalue weighted by Gasteiger charge is 2.22. The lowest BCUT2D eigenvalue weighted by Gasteiger charge is -2.29. The number of hydrogen-bond acceptors (Lipinski definition) is 6. The first-order chi connectivity index (χ1) is 15.0. The minimum atomic E-state index is -0.574. The smallest absolute Gasteiger partial charge is 0.277 e. The molecule has 31 heavy (non-hydrogen) atoms. The van der Waals surface area contributed by atoms with Gasteiger partial charge >= 0.3 is 0 Å². The number of aryl methyl sites for hydroxylation is 1. The van der Waals surface area contributed by atoms with Crippen LogP contribution in [-0.4, -0.2) is 34.1 Å². The summed E-state index contributed by atoms with van der Waals surface area (Å²) in [6, 6.07) is 16.3. The van der Waals surface area contributed by atoms with Crippen molar-refractivity contribution in [3.8, 4) is 0 Å². The molecule has 1 aromatic heterocycles. The fourth-order valence-corrected chi connectivity index (χ4v) is 4.18.